The van der Waals surface area contributed by atoms with Crippen molar-refractivity contribution in [1.29, 1.82) is 0 Å². The second-order valence-corrected chi connectivity index (χ2v) is 3.09. The van der Waals surface area contributed by atoms with Crippen molar-refractivity contribution in [3.05, 3.63) is 24.0 Å². The number of hydrazine groups is 2. The Morgan fingerprint density at radius 1 is 1.50 bits per heavy atom. The van der Waals surface area contributed by atoms with Crippen molar-refractivity contribution in [3.63, 3.8) is 0 Å². The molecule has 0 aromatic heterocycles. The van der Waals surface area contributed by atoms with Gasteiger partial charge in [0.2, 0.25) is 0 Å². The molecule has 0 atom stereocenters. The van der Waals surface area contributed by atoms with Crippen molar-refractivity contribution in [2.45, 2.75) is 19.9 Å². The average Bonchev–Trinajstić information content (AvgIpc) is 2.46. The van der Waals surface area contributed by atoms with Gasteiger partial charge in [0.05, 0.1) is 5.70 Å². The highest BCUT2D eigenvalue weighted by atomic mass is 15.9. The minimum atomic E-state index is 0.437. The molecule has 0 aliphatic carbocycles. The van der Waals surface area contributed by atoms with Crippen LogP contribution in [0.2, 0.25) is 0 Å². The Morgan fingerprint density at radius 3 is 3.00 bits per heavy atom. The van der Waals surface area contributed by atoms with Crippen LogP contribution in [0.25, 0.3) is 0 Å². The van der Waals surface area contributed by atoms with E-state index in [-0.39, 0.29) is 0 Å². The lowest BCUT2D eigenvalue weighted by Crippen LogP contribution is -2.41. The molecule has 0 unspecified atom stereocenters. The van der Waals surface area contributed by atoms with Crippen molar-refractivity contribution >= 4 is 6.21 Å². The number of hydrogen-bond donors (Lipinski definition) is 1. The number of hydrazone groups is 1. The Labute approximate surface area is 71.8 Å². The number of nitrogens with one attached hydrogen (secondary N) is 1. The summed E-state index contributed by atoms with van der Waals surface area (Å²) in [7, 11) is 0. The van der Waals surface area contributed by atoms with Gasteiger partial charge in [-0.2, -0.15) is 10.2 Å². The summed E-state index contributed by atoms with van der Waals surface area (Å²) in [6, 6.07) is 0.437. The predicted octanol–water partition coefficient (Wildman–Crippen LogP) is 0.829. The number of allylic oxidation sites excluding steroid dienone is 2. The van der Waals surface area contributed by atoms with Crippen LogP contribution in [0.3, 0.4) is 0 Å². The molecule has 0 aromatic carbocycles. The van der Waals surface area contributed by atoms with Gasteiger partial charge in [0, 0.05) is 18.5 Å². The summed E-state index contributed by atoms with van der Waals surface area (Å²) in [6.45, 7) is 4.24. The van der Waals surface area contributed by atoms with Crippen LogP contribution < -0.4 is 5.53 Å². The summed E-state index contributed by atoms with van der Waals surface area (Å²) in [6.07, 6.45) is 7.74. The van der Waals surface area contributed by atoms with Gasteiger partial charge in [-0.3, -0.25) is 5.01 Å². The monoisotopic (exact) mass is 164 g/mol. The zero-order chi connectivity index (χ0) is 8.55. The van der Waals surface area contributed by atoms with E-state index in [9.17, 15) is 0 Å². The Kier molecular flexibility index (Phi) is 1.62. The lowest BCUT2D eigenvalue weighted by molar-refractivity contribution is 0.109. The Morgan fingerprint density at radius 2 is 2.33 bits per heavy atom. The number of fused-ring (bicyclic) bond motifs is 1. The lowest BCUT2D eigenvalue weighted by Gasteiger charge is -2.23. The van der Waals surface area contributed by atoms with Crippen LogP contribution in [0.1, 0.15) is 13.8 Å². The molecule has 2 aliphatic rings. The maximum absolute atomic E-state index is 4.12. The largest absolute Gasteiger partial charge is 0.292 e. The van der Waals surface area contributed by atoms with Crippen LogP contribution in [-0.4, -0.2) is 22.4 Å². The molecule has 4 nitrogen and oxygen atoms in total. The van der Waals surface area contributed by atoms with Crippen LogP contribution >= 0.6 is 0 Å². The smallest absolute Gasteiger partial charge is 0.0972 e. The van der Waals surface area contributed by atoms with Crippen LogP contribution in [-0.2, 0) is 0 Å². The van der Waals surface area contributed by atoms with E-state index in [4.69, 9.17) is 0 Å². The molecular formula is C8H12N4. The fourth-order valence-corrected chi connectivity index (χ4v) is 1.11. The summed E-state index contributed by atoms with van der Waals surface area (Å²) in [5.74, 6) is 0. The lowest BCUT2D eigenvalue weighted by atomic mass is 10.3. The molecule has 12 heavy (non-hydrogen) atoms. The molecule has 0 radical (unpaired) electrons. The minimum absolute atomic E-state index is 0.437. The van der Waals surface area contributed by atoms with E-state index >= 15 is 0 Å². The fraction of sp³-hybridized carbons (Fsp3) is 0.375. The third-order valence-corrected chi connectivity index (χ3v) is 1.82. The summed E-state index contributed by atoms with van der Waals surface area (Å²) < 4.78 is 0. The number of rotatable bonds is 1. The molecule has 0 fully saturated rings. The van der Waals surface area contributed by atoms with Crippen molar-refractivity contribution in [2.75, 3.05) is 0 Å². The quantitative estimate of drug-likeness (QED) is 0.622. The Balaban J connectivity index is 2.17. The summed E-state index contributed by atoms with van der Waals surface area (Å²) in [4.78, 5) is 0. The zero-order valence-electron chi connectivity index (χ0n) is 7.23. The molecule has 0 bridgehead atoms. The SMILES string of the molecule is CC(C)N1C=C2C=CC=NN2N1. The Bertz CT molecular complexity index is 264. The van der Waals surface area contributed by atoms with Gasteiger partial charge in [0.25, 0.3) is 0 Å². The van der Waals surface area contributed by atoms with Gasteiger partial charge in [0.1, 0.15) is 0 Å². The first kappa shape index (κ1) is 7.36. The molecule has 2 heterocycles. The summed E-state index contributed by atoms with van der Waals surface area (Å²) >= 11 is 0. The van der Waals surface area contributed by atoms with Crippen LogP contribution in [0.15, 0.2) is 29.2 Å². The molecule has 0 saturated heterocycles. The zero-order valence-corrected chi connectivity index (χ0v) is 7.23. The maximum atomic E-state index is 4.12. The average molecular weight is 164 g/mol. The van der Waals surface area contributed by atoms with Gasteiger partial charge >= 0.3 is 0 Å². The molecular weight excluding hydrogens is 152 g/mol. The van der Waals surface area contributed by atoms with Crippen LogP contribution in [0.5, 0.6) is 0 Å². The molecule has 4 heteroatoms. The molecule has 1 N–H and O–H groups in total. The van der Waals surface area contributed by atoms with E-state index in [1.807, 2.05) is 23.4 Å². The van der Waals surface area contributed by atoms with Gasteiger partial charge < -0.3 is 0 Å². The summed E-state index contributed by atoms with van der Waals surface area (Å²) in [5.41, 5.74) is 4.19. The summed E-state index contributed by atoms with van der Waals surface area (Å²) in [5, 5.41) is 7.89. The first-order valence-corrected chi connectivity index (χ1v) is 4.04. The van der Waals surface area contributed by atoms with Crippen molar-refractivity contribution in [3.8, 4) is 0 Å². The normalized spacial score (nSPS) is 20.4. The molecule has 0 aromatic rings. The van der Waals surface area contributed by atoms with Gasteiger partial charge in [-0.05, 0) is 26.0 Å². The van der Waals surface area contributed by atoms with Crippen molar-refractivity contribution in [2.24, 2.45) is 5.10 Å². The van der Waals surface area contributed by atoms with E-state index in [0.29, 0.717) is 6.04 Å². The predicted molar refractivity (Wildman–Crippen MR) is 47.7 cm³/mol. The maximum Gasteiger partial charge on any atom is 0.0972 e. The standard InChI is InChI=1S/C8H12N4/c1-7(2)11-6-8-4-3-5-9-12(8)10-11/h3-7,10H,1-2H3. The highest BCUT2D eigenvalue weighted by Gasteiger charge is 2.20. The number of hydrogen-bond acceptors (Lipinski definition) is 4. The van der Waals surface area contributed by atoms with Gasteiger partial charge in [-0.15, -0.1) is 5.53 Å². The first-order valence-electron chi connectivity index (χ1n) is 4.04. The fourth-order valence-electron chi connectivity index (χ4n) is 1.11. The van der Waals surface area contributed by atoms with Gasteiger partial charge in [-0.25, -0.2) is 0 Å². The first-order chi connectivity index (χ1) is 5.77. The van der Waals surface area contributed by atoms with E-state index in [2.05, 4.69) is 24.5 Å². The molecule has 2 aliphatic heterocycles. The molecule has 64 valence electrons. The van der Waals surface area contributed by atoms with Crippen molar-refractivity contribution in [1.82, 2.24) is 15.7 Å². The molecule has 0 amide bonds. The highest BCUT2D eigenvalue weighted by molar-refractivity contribution is 5.73. The van der Waals surface area contributed by atoms with Crippen LogP contribution in [0, 0.1) is 0 Å². The third kappa shape index (κ3) is 1.10. The second-order valence-electron chi connectivity index (χ2n) is 3.09. The van der Waals surface area contributed by atoms with Gasteiger partial charge in [-0.1, -0.05) is 0 Å². The highest BCUT2D eigenvalue weighted by Crippen LogP contribution is 2.16. The third-order valence-electron chi connectivity index (χ3n) is 1.82. The molecule has 0 saturated carbocycles. The second kappa shape index (κ2) is 2.64. The van der Waals surface area contributed by atoms with Crippen LogP contribution in [0.4, 0.5) is 0 Å². The van der Waals surface area contributed by atoms with E-state index in [1.54, 1.807) is 11.3 Å². The number of nitrogens with zero attached hydrogens (tertiary/aromatic N) is 3. The van der Waals surface area contributed by atoms with Crippen molar-refractivity contribution < 1.29 is 0 Å². The van der Waals surface area contributed by atoms with Gasteiger partial charge in [0.15, 0.2) is 0 Å². The molecule has 0 spiro atoms. The van der Waals surface area contributed by atoms with E-state index in [1.165, 1.54) is 0 Å². The minimum Gasteiger partial charge on any atom is -0.292 e. The Hall–Kier alpha value is -1.29. The molecule has 2 rings (SSSR count). The topological polar surface area (TPSA) is 30.9 Å². The van der Waals surface area contributed by atoms with E-state index < -0.39 is 0 Å². The van der Waals surface area contributed by atoms with E-state index in [0.717, 1.165) is 5.70 Å².